The number of methoxy groups -OCH3 is 1. The number of fused-ring (bicyclic) bond motifs is 1. The largest absolute Gasteiger partial charge is 0.504 e. The van der Waals surface area contributed by atoms with Gasteiger partial charge in [0.15, 0.2) is 11.5 Å². The minimum absolute atomic E-state index is 0.0183. The molecule has 0 aromatic heterocycles. The molecule has 6 nitrogen and oxygen atoms in total. The van der Waals surface area contributed by atoms with Gasteiger partial charge in [0.05, 0.1) is 12.7 Å². The number of nitrogens with one attached hydrogen (secondary N) is 2. The molecular formula is C24H19FN2O4. The van der Waals surface area contributed by atoms with Gasteiger partial charge in [0, 0.05) is 23.9 Å². The van der Waals surface area contributed by atoms with Crippen LogP contribution >= 0.6 is 0 Å². The summed E-state index contributed by atoms with van der Waals surface area (Å²) in [4.78, 5) is 24.8. The first-order chi connectivity index (χ1) is 15.0. The third-order valence-corrected chi connectivity index (χ3v) is 5.00. The van der Waals surface area contributed by atoms with E-state index in [2.05, 4.69) is 10.6 Å². The second-order valence-electron chi connectivity index (χ2n) is 7.00. The Hall–Kier alpha value is -4.13. The van der Waals surface area contributed by atoms with Crippen LogP contribution in [0, 0.1) is 5.82 Å². The summed E-state index contributed by atoms with van der Waals surface area (Å²) in [5.41, 5.74) is 3.47. The summed E-state index contributed by atoms with van der Waals surface area (Å²) in [5.74, 6) is -0.938. The second-order valence-corrected chi connectivity index (χ2v) is 7.00. The van der Waals surface area contributed by atoms with Crippen molar-refractivity contribution in [2.24, 2.45) is 0 Å². The van der Waals surface area contributed by atoms with Crippen LogP contribution in [0.15, 0.2) is 66.9 Å². The molecule has 0 aliphatic carbocycles. The predicted molar refractivity (Wildman–Crippen MR) is 114 cm³/mol. The second kappa shape index (κ2) is 8.31. The van der Waals surface area contributed by atoms with Gasteiger partial charge in [0.2, 0.25) is 0 Å². The Balaban J connectivity index is 1.63. The van der Waals surface area contributed by atoms with E-state index in [0.29, 0.717) is 29.0 Å². The van der Waals surface area contributed by atoms with Crippen LogP contribution in [0.25, 0.3) is 16.7 Å². The van der Waals surface area contributed by atoms with Crippen molar-refractivity contribution >= 4 is 17.4 Å². The number of hydrogen-bond acceptors (Lipinski definition) is 5. The molecule has 7 heteroatoms. The zero-order chi connectivity index (χ0) is 22.0. The molecular weight excluding hydrogens is 399 g/mol. The lowest BCUT2D eigenvalue weighted by atomic mass is 9.91. The van der Waals surface area contributed by atoms with Gasteiger partial charge in [0.1, 0.15) is 5.82 Å². The first kappa shape index (κ1) is 20.2. The molecule has 0 fully saturated rings. The lowest BCUT2D eigenvalue weighted by molar-refractivity contribution is -0.114. The Morgan fingerprint density at radius 2 is 1.71 bits per heavy atom. The van der Waals surface area contributed by atoms with E-state index in [1.54, 1.807) is 48.5 Å². The zero-order valence-corrected chi connectivity index (χ0v) is 16.6. The first-order valence-electron chi connectivity index (χ1n) is 9.52. The Bertz CT molecular complexity index is 1200. The van der Waals surface area contributed by atoms with Crippen molar-refractivity contribution in [2.45, 2.75) is 6.54 Å². The fourth-order valence-electron chi connectivity index (χ4n) is 3.41. The number of phenolic OH excluding ortho intramolecular Hbond substituents is 1. The SMILES string of the molecule is COc1ccc(CN/C=C2\C(=O)NC(=O)c3ccc(-c4ccc(F)cc4)cc32)cc1O. The molecule has 0 spiro atoms. The van der Waals surface area contributed by atoms with Crippen molar-refractivity contribution in [3.05, 3.63) is 89.4 Å². The average molecular weight is 418 g/mol. The van der Waals surface area contributed by atoms with Crippen LogP contribution in [0.3, 0.4) is 0 Å². The third kappa shape index (κ3) is 4.11. The molecule has 1 aliphatic rings. The molecule has 2 amide bonds. The molecule has 3 aromatic rings. The molecule has 1 heterocycles. The Labute approximate surface area is 178 Å². The fraction of sp³-hybridized carbons (Fsp3) is 0.0833. The van der Waals surface area contributed by atoms with Crippen molar-refractivity contribution in [1.82, 2.24) is 10.6 Å². The van der Waals surface area contributed by atoms with E-state index in [1.165, 1.54) is 25.4 Å². The highest BCUT2D eigenvalue weighted by Gasteiger charge is 2.27. The van der Waals surface area contributed by atoms with E-state index in [9.17, 15) is 19.1 Å². The standard InChI is InChI=1S/C24H19FN2O4/c1-31-22-9-2-14(10-21(22)28)12-26-13-20-19-11-16(15-3-6-17(25)7-4-15)5-8-18(19)23(29)27-24(20)30/h2-11,13,26,28H,12H2,1H3,(H,27,29,30)/b20-13-. The maximum atomic E-state index is 13.2. The van der Waals surface area contributed by atoms with Crippen LogP contribution in [0.5, 0.6) is 11.5 Å². The molecule has 4 rings (SSSR count). The summed E-state index contributed by atoms with van der Waals surface area (Å²) in [6.07, 6.45) is 1.54. The van der Waals surface area contributed by atoms with Crippen LogP contribution in [-0.2, 0) is 11.3 Å². The molecule has 0 atom stereocenters. The first-order valence-corrected chi connectivity index (χ1v) is 9.52. The summed E-state index contributed by atoms with van der Waals surface area (Å²) < 4.78 is 18.3. The number of phenols is 1. The van der Waals surface area contributed by atoms with Crippen molar-refractivity contribution in [2.75, 3.05) is 7.11 Å². The van der Waals surface area contributed by atoms with Gasteiger partial charge in [-0.15, -0.1) is 0 Å². The van der Waals surface area contributed by atoms with Crippen LogP contribution in [-0.4, -0.2) is 24.0 Å². The monoisotopic (exact) mass is 418 g/mol. The molecule has 0 radical (unpaired) electrons. The van der Waals surface area contributed by atoms with Gasteiger partial charge < -0.3 is 15.2 Å². The molecule has 3 N–H and O–H groups in total. The van der Waals surface area contributed by atoms with Gasteiger partial charge in [-0.25, -0.2) is 4.39 Å². The lowest BCUT2D eigenvalue weighted by Crippen LogP contribution is -2.37. The number of rotatable bonds is 5. The van der Waals surface area contributed by atoms with Gasteiger partial charge >= 0.3 is 0 Å². The zero-order valence-electron chi connectivity index (χ0n) is 16.6. The third-order valence-electron chi connectivity index (χ3n) is 5.00. The van der Waals surface area contributed by atoms with Crippen LogP contribution in [0.2, 0.25) is 0 Å². The minimum Gasteiger partial charge on any atom is -0.504 e. The van der Waals surface area contributed by atoms with Gasteiger partial charge in [-0.05, 0) is 53.1 Å². The summed E-state index contributed by atoms with van der Waals surface area (Å²) in [6.45, 7) is 0.343. The Morgan fingerprint density at radius 1 is 0.968 bits per heavy atom. The number of benzene rings is 3. The molecule has 0 bridgehead atoms. The molecule has 0 unspecified atom stereocenters. The number of ether oxygens (including phenoxy) is 1. The van der Waals surface area contributed by atoms with Crippen molar-refractivity contribution in [1.29, 1.82) is 0 Å². The molecule has 31 heavy (non-hydrogen) atoms. The summed E-state index contributed by atoms with van der Waals surface area (Å²) >= 11 is 0. The number of carbonyl (C=O) groups excluding carboxylic acids is 2. The molecule has 3 aromatic carbocycles. The molecule has 156 valence electrons. The molecule has 0 saturated carbocycles. The summed E-state index contributed by atoms with van der Waals surface area (Å²) in [7, 11) is 1.47. The van der Waals surface area contributed by atoms with E-state index < -0.39 is 11.8 Å². The van der Waals surface area contributed by atoms with E-state index in [4.69, 9.17) is 4.74 Å². The number of imide groups is 1. The van der Waals surface area contributed by atoms with E-state index in [1.807, 2.05) is 0 Å². The highest BCUT2D eigenvalue weighted by Crippen LogP contribution is 2.30. The van der Waals surface area contributed by atoms with Crippen molar-refractivity contribution in [3.63, 3.8) is 0 Å². The molecule has 1 aliphatic heterocycles. The van der Waals surface area contributed by atoms with E-state index >= 15 is 0 Å². The summed E-state index contributed by atoms with van der Waals surface area (Å²) in [6, 6.07) is 16.1. The van der Waals surface area contributed by atoms with Crippen LogP contribution in [0.1, 0.15) is 21.5 Å². The quantitative estimate of drug-likeness (QED) is 0.435. The number of amides is 2. The van der Waals surface area contributed by atoms with Crippen LogP contribution in [0.4, 0.5) is 4.39 Å². The van der Waals surface area contributed by atoms with Crippen molar-refractivity contribution < 1.29 is 23.8 Å². The van der Waals surface area contributed by atoms with Crippen LogP contribution < -0.4 is 15.4 Å². The maximum absolute atomic E-state index is 13.2. The fourth-order valence-corrected chi connectivity index (χ4v) is 3.41. The number of carbonyl (C=O) groups is 2. The Kier molecular flexibility index (Phi) is 5.41. The number of aromatic hydroxyl groups is 1. The highest BCUT2D eigenvalue weighted by atomic mass is 19.1. The van der Waals surface area contributed by atoms with Gasteiger partial charge in [-0.1, -0.05) is 24.3 Å². The topological polar surface area (TPSA) is 87.7 Å². The van der Waals surface area contributed by atoms with Crippen molar-refractivity contribution in [3.8, 4) is 22.6 Å². The van der Waals surface area contributed by atoms with Gasteiger partial charge in [0.25, 0.3) is 11.8 Å². The average Bonchev–Trinajstić information content (AvgIpc) is 2.76. The van der Waals surface area contributed by atoms with E-state index in [0.717, 1.165) is 16.7 Å². The lowest BCUT2D eigenvalue weighted by Gasteiger charge is -2.19. The highest BCUT2D eigenvalue weighted by molar-refractivity contribution is 6.31. The number of halogens is 1. The van der Waals surface area contributed by atoms with Gasteiger partial charge in [-0.3, -0.25) is 14.9 Å². The predicted octanol–water partition coefficient (Wildman–Crippen LogP) is 3.61. The maximum Gasteiger partial charge on any atom is 0.260 e. The summed E-state index contributed by atoms with van der Waals surface area (Å²) in [5, 5.41) is 15.3. The smallest absolute Gasteiger partial charge is 0.260 e. The minimum atomic E-state index is -0.515. The normalized spacial score (nSPS) is 14.2. The van der Waals surface area contributed by atoms with Gasteiger partial charge in [-0.2, -0.15) is 0 Å². The van der Waals surface area contributed by atoms with E-state index in [-0.39, 0.29) is 11.6 Å². The Morgan fingerprint density at radius 3 is 2.42 bits per heavy atom. The molecule has 0 saturated heterocycles. The number of hydrogen-bond donors (Lipinski definition) is 3.